The number of benzene rings is 1. The standard InChI is InChI=1S/C14H17NO3S/c1-9-4-3-5-11(14(17)18-2)13(9)15-7-10(8-19)6-12(15)16/h3-5,10,19H,6-8H2,1-2H3. The van der Waals surface area contributed by atoms with Gasteiger partial charge >= 0.3 is 5.97 Å². The number of para-hydroxylation sites is 1. The van der Waals surface area contributed by atoms with Crippen molar-refractivity contribution in [3.05, 3.63) is 29.3 Å². The molecular formula is C14H17NO3S. The molecule has 1 fully saturated rings. The Morgan fingerprint density at radius 2 is 2.26 bits per heavy atom. The van der Waals surface area contributed by atoms with Crippen LogP contribution in [-0.2, 0) is 9.53 Å². The van der Waals surface area contributed by atoms with Crippen molar-refractivity contribution >= 4 is 30.2 Å². The van der Waals surface area contributed by atoms with E-state index in [0.717, 1.165) is 5.56 Å². The van der Waals surface area contributed by atoms with E-state index in [9.17, 15) is 9.59 Å². The summed E-state index contributed by atoms with van der Waals surface area (Å²) in [5.41, 5.74) is 2.01. The van der Waals surface area contributed by atoms with E-state index in [0.29, 0.717) is 30.0 Å². The van der Waals surface area contributed by atoms with Gasteiger partial charge in [-0.05, 0) is 30.2 Å². The van der Waals surface area contributed by atoms with Crippen LogP contribution in [0.2, 0.25) is 0 Å². The Morgan fingerprint density at radius 3 is 2.84 bits per heavy atom. The molecule has 0 radical (unpaired) electrons. The summed E-state index contributed by atoms with van der Waals surface area (Å²) < 4.78 is 4.79. The van der Waals surface area contributed by atoms with Crippen LogP contribution >= 0.6 is 12.6 Å². The molecule has 0 N–H and O–H groups in total. The molecule has 0 aliphatic carbocycles. The van der Waals surface area contributed by atoms with Crippen molar-refractivity contribution < 1.29 is 14.3 Å². The quantitative estimate of drug-likeness (QED) is 0.680. The molecule has 5 heteroatoms. The van der Waals surface area contributed by atoms with Crippen LogP contribution in [0.3, 0.4) is 0 Å². The molecule has 0 aromatic heterocycles. The zero-order valence-corrected chi connectivity index (χ0v) is 11.9. The zero-order valence-electron chi connectivity index (χ0n) is 11.0. The maximum atomic E-state index is 12.1. The topological polar surface area (TPSA) is 46.6 Å². The minimum absolute atomic E-state index is 0.0403. The van der Waals surface area contributed by atoms with Crippen molar-refractivity contribution in [1.29, 1.82) is 0 Å². The van der Waals surface area contributed by atoms with E-state index >= 15 is 0 Å². The number of hydrogen-bond donors (Lipinski definition) is 1. The number of rotatable bonds is 3. The van der Waals surface area contributed by atoms with Gasteiger partial charge in [-0.2, -0.15) is 12.6 Å². The summed E-state index contributed by atoms with van der Waals surface area (Å²) in [4.78, 5) is 25.6. The van der Waals surface area contributed by atoms with Crippen LogP contribution in [0.1, 0.15) is 22.3 Å². The molecular weight excluding hydrogens is 262 g/mol. The number of methoxy groups -OCH3 is 1. The van der Waals surface area contributed by atoms with Crippen LogP contribution in [0.25, 0.3) is 0 Å². The van der Waals surface area contributed by atoms with Crippen LogP contribution in [0.15, 0.2) is 18.2 Å². The van der Waals surface area contributed by atoms with Crippen LogP contribution in [0.4, 0.5) is 5.69 Å². The molecule has 1 saturated heterocycles. The number of amides is 1. The van der Waals surface area contributed by atoms with Crippen molar-refractivity contribution in [3.8, 4) is 0 Å². The van der Waals surface area contributed by atoms with Crippen molar-refractivity contribution in [2.24, 2.45) is 5.92 Å². The van der Waals surface area contributed by atoms with E-state index in [4.69, 9.17) is 4.74 Å². The summed E-state index contributed by atoms with van der Waals surface area (Å²) in [6, 6.07) is 5.38. The summed E-state index contributed by atoms with van der Waals surface area (Å²) >= 11 is 4.25. The Labute approximate surface area is 118 Å². The molecule has 1 amide bonds. The SMILES string of the molecule is COC(=O)c1cccc(C)c1N1CC(CS)CC1=O. The van der Waals surface area contributed by atoms with Gasteiger partial charge in [0.25, 0.3) is 0 Å². The summed E-state index contributed by atoms with van der Waals surface area (Å²) in [6.07, 6.45) is 0.485. The maximum Gasteiger partial charge on any atom is 0.339 e. The molecule has 1 aromatic carbocycles. The fraction of sp³-hybridized carbons (Fsp3) is 0.429. The van der Waals surface area contributed by atoms with Crippen molar-refractivity contribution in [2.75, 3.05) is 24.3 Å². The highest BCUT2D eigenvalue weighted by atomic mass is 32.1. The first kappa shape index (κ1) is 13.9. The van der Waals surface area contributed by atoms with Gasteiger partial charge < -0.3 is 9.64 Å². The van der Waals surface area contributed by atoms with Gasteiger partial charge in [-0.25, -0.2) is 4.79 Å². The summed E-state index contributed by atoms with van der Waals surface area (Å²) in [6.45, 7) is 2.50. The third kappa shape index (κ3) is 2.61. The van der Waals surface area contributed by atoms with Crippen molar-refractivity contribution in [1.82, 2.24) is 0 Å². The first-order valence-corrected chi connectivity index (χ1v) is 6.81. The van der Waals surface area contributed by atoms with Crippen LogP contribution < -0.4 is 4.90 Å². The van der Waals surface area contributed by atoms with Gasteiger partial charge in [0.1, 0.15) is 0 Å². The first-order valence-electron chi connectivity index (χ1n) is 6.17. The van der Waals surface area contributed by atoms with Crippen molar-refractivity contribution in [3.63, 3.8) is 0 Å². The van der Waals surface area contributed by atoms with E-state index in [1.807, 2.05) is 13.0 Å². The largest absolute Gasteiger partial charge is 0.465 e. The predicted octanol–water partition coefficient (Wildman–Crippen LogP) is 2.06. The number of esters is 1. The summed E-state index contributed by atoms with van der Waals surface area (Å²) in [5, 5.41) is 0. The van der Waals surface area contributed by atoms with Gasteiger partial charge in [0.15, 0.2) is 0 Å². The van der Waals surface area contributed by atoms with Crippen LogP contribution in [0, 0.1) is 12.8 Å². The van der Waals surface area contributed by atoms with E-state index in [1.165, 1.54) is 7.11 Å². The lowest BCUT2D eigenvalue weighted by Crippen LogP contribution is -2.27. The van der Waals surface area contributed by atoms with Crippen LogP contribution in [-0.4, -0.2) is 31.3 Å². The number of hydrogen-bond acceptors (Lipinski definition) is 4. The molecule has 0 bridgehead atoms. The van der Waals surface area contributed by atoms with E-state index in [1.54, 1.807) is 17.0 Å². The molecule has 1 unspecified atom stereocenters. The molecule has 0 spiro atoms. The predicted molar refractivity (Wildman–Crippen MR) is 76.8 cm³/mol. The molecule has 19 heavy (non-hydrogen) atoms. The first-order chi connectivity index (χ1) is 9.08. The Balaban J connectivity index is 2.44. The van der Waals surface area contributed by atoms with Crippen molar-refractivity contribution in [2.45, 2.75) is 13.3 Å². The number of nitrogens with zero attached hydrogens (tertiary/aromatic N) is 1. The maximum absolute atomic E-state index is 12.1. The average molecular weight is 279 g/mol. The molecule has 1 aliphatic rings. The molecule has 1 aliphatic heterocycles. The lowest BCUT2D eigenvalue weighted by Gasteiger charge is -2.21. The highest BCUT2D eigenvalue weighted by Gasteiger charge is 2.32. The third-order valence-corrected chi connectivity index (χ3v) is 3.89. The molecule has 0 saturated carbocycles. The highest BCUT2D eigenvalue weighted by Crippen LogP contribution is 2.31. The van der Waals surface area contributed by atoms with Gasteiger partial charge in [0.05, 0.1) is 18.4 Å². The second kappa shape index (κ2) is 5.65. The lowest BCUT2D eigenvalue weighted by molar-refractivity contribution is -0.117. The third-order valence-electron chi connectivity index (χ3n) is 3.38. The van der Waals surface area contributed by atoms with Gasteiger partial charge in [-0.1, -0.05) is 12.1 Å². The fourth-order valence-electron chi connectivity index (χ4n) is 2.41. The average Bonchev–Trinajstić information content (AvgIpc) is 2.78. The minimum atomic E-state index is -0.416. The summed E-state index contributed by atoms with van der Waals surface area (Å²) in [7, 11) is 1.34. The molecule has 4 nitrogen and oxygen atoms in total. The van der Waals surface area contributed by atoms with Gasteiger partial charge in [-0.15, -0.1) is 0 Å². The normalized spacial score (nSPS) is 18.8. The Hall–Kier alpha value is -1.49. The molecule has 1 heterocycles. The summed E-state index contributed by atoms with van der Waals surface area (Å²) in [5.74, 6) is 0.530. The monoisotopic (exact) mass is 279 g/mol. The highest BCUT2D eigenvalue weighted by molar-refractivity contribution is 7.80. The number of aryl methyl sites for hydroxylation is 1. The number of thiol groups is 1. The molecule has 1 aromatic rings. The second-order valence-electron chi connectivity index (χ2n) is 4.72. The lowest BCUT2D eigenvalue weighted by atomic mass is 10.1. The van der Waals surface area contributed by atoms with Gasteiger partial charge in [-0.3, -0.25) is 4.79 Å². The fourth-order valence-corrected chi connectivity index (χ4v) is 2.66. The number of carbonyl (C=O) groups excluding carboxylic acids is 2. The second-order valence-corrected chi connectivity index (χ2v) is 5.08. The minimum Gasteiger partial charge on any atom is -0.465 e. The molecule has 2 rings (SSSR count). The van der Waals surface area contributed by atoms with Gasteiger partial charge in [0.2, 0.25) is 5.91 Å². The van der Waals surface area contributed by atoms with E-state index in [2.05, 4.69) is 12.6 Å². The number of anilines is 1. The Kier molecular flexibility index (Phi) is 4.14. The zero-order chi connectivity index (χ0) is 14.0. The number of carbonyl (C=O) groups is 2. The van der Waals surface area contributed by atoms with Gasteiger partial charge in [0, 0.05) is 13.0 Å². The molecule has 102 valence electrons. The Bertz CT molecular complexity index is 515. The molecule has 1 atom stereocenters. The number of ether oxygens (including phenoxy) is 1. The van der Waals surface area contributed by atoms with E-state index in [-0.39, 0.29) is 11.8 Å². The smallest absolute Gasteiger partial charge is 0.339 e. The van der Waals surface area contributed by atoms with E-state index < -0.39 is 5.97 Å². The Morgan fingerprint density at radius 1 is 1.53 bits per heavy atom. The van der Waals surface area contributed by atoms with Crippen LogP contribution in [0.5, 0.6) is 0 Å².